The Balaban J connectivity index is 1.63. The molecule has 1 aliphatic carbocycles. The monoisotopic (exact) mass is 462 g/mol. The maximum absolute atomic E-state index is 15.2. The number of halogens is 6. The third-order valence-corrected chi connectivity index (χ3v) is 6.51. The van der Waals surface area contributed by atoms with Gasteiger partial charge in [0.2, 0.25) is 0 Å². The van der Waals surface area contributed by atoms with Gasteiger partial charge >= 0.3 is 0 Å². The van der Waals surface area contributed by atoms with Crippen LogP contribution in [0, 0.1) is 34.9 Å². The van der Waals surface area contributed by atoms with Crippen LogP contribution in [-0.2, 0) is 19.3 Å². The number of unbranched alkanes of at least 4 members (excludes halogenated alkanes) is 2. The highest BCUT2D eigenvalue weighted by molar-refractivity contribution is 5.67. The molecule has 0 amide bonds. The van der Waals surface area contributed by atoms with Gasteiger partial charge in [0.25, 0.3) is 0 Å². The average Bonchev–Trinajstić information content (AvgIpc) is 2.79. The van der Waals surface area contributed by atoms with Crippen molar-refractivity contribution in [3.05, 3.63) is 93.6 Å². The van der Waals surface area contributed by atoms with Crippen LogP contribution in [0.2, 0.25) is 0 Å². The van der Waals surface area contributed by atoms with Crippen LogP contribution in [-0.4, -0.2) is 0 Å². The van der Waals surface area contributed by atoms with Gasteiger partial charge in [-0.2, -0.15) is 0 Å². The van der Waals surface area contributed by atoms with Crippen molar-refractivity contribution in [3.63, 3.8) is 0 Å². The third-order valence-electron chi connectivity index (χ3n) is 6.51. The molecule has 33 heavy (non-hydrogen) atoms. The van der Waals surface area contributed by atoms with Gasteiger partial charge in [0.1, 0.15) is 11.6 Å². The van der Waals surface area contributed by atoms with Gasteiger partial charge in [0.15, 0.2) is 23.3 Å². The molecule has 0 aromatic heterocycles. The molecule has 0 aliphatic heterocycles. The lowest BCUT2D eigenvalue weighted by atomic mass is 9.78. The zero-order valence-corrected chi connectivity index (χ0v) is 18.3. The lowest BCUT2D eigenvalue weighted by Crippen LogP contribution is -2.17. The number of hydrogen-bond acceptors (Lipinski definition) is 0. The van der Waals surface area contributed by atoms with E-state index in [1.165, 1.54) is 0 Å². The fourth-order valence-corrected chi connectivity index (χ4v) is 4.71. The molecule has 6 heteroatoms. The molecule has 0 saturated heterocycles. The fourth-order valence-electron chi connectivity index (χ4n) is 4.71. The minimum atomic E-state index is -1.19. The molecular formula is C27H24F6. The first kappa shape index (κ1) is 23.4. The minimum absolute atomic E-state index is 0.0967. The lowest BCUT2D eigenvalue weighted by molar-refractivity contribution is 0.461. The van der Waals surface area contributed by atoms with E-state index in [0.717, 1.165) is 43.5 Å². The smallest absolute Gasteiger partial charge is 0.162 e. The van der Waals surface area contributed by atoms with Gasteiger partial charge in [-0.1, -0.05) is 38.0 Å². The van der Waals surface area contributed by atoms with Gasteiger partial charge in [0, 0.05) is 0 Å². The van der Waals surface area contributed by atoms with E-state index in [1.807, 2.05) is 6.92 Å². The second kappa shape index (κ2) is 9.62. The van der Waals surface area contributed by atoms with Gasteiger partial charge in [-0.15, -0.1) is 0 Å². The maximum Gasteiger partial charge on any atom is 0.162 e. The number of benzene rings is 3. The predicted molar refractivity (Wildman–Crippen MR) is 116 cm³/mol. The van der Waals surface area contributed by atoms with Gasteiger partial charge in [0.05, 0.1) is 5.56 Å². The summed E-state index contributed by atoms with van der Waals surface area (Å²) < 4.78 is 86.4. The topological polar surface area (TPSA) is 0 Å². The fraction of sp³-hybridized carbons (Fsp3) is 0.333. The normalized spacial score (nSPS) is 15.5. The van der Waals surface area contributed by atoms with Crippen LogP contribution >= 0.6 is 0 Å². The Morgan fingerprint density at radius 1 is 0.788 bits per heavy atom. The molecular weight excluding hydrogens is 438 g/mol. The zero-order valence-electron chi connectivity index (χ0n) is 18.3. The summed E-state index contributed by atoms with van der Waals surface area (Å²) in [5.41, 5.74) is 0.682. The summed E-state index contributed by atoms with van der Waals surface area (Å²) in [6.45, 7) is 2.04. The Hall–Kier alpha value is -2.76. The second-order valence-electron chi connectivity index (χ2n) is 8.65. The van der Waals surface area contributed by atoms with Crippen molar-refractivity contribution in [1.29, 1.82) is 0 Å². The molecule has 3 aromatic carbocycles. The van der Waals surface area contributed by atoms with Gasteiger partial charge in [-0.25, -0.2) is 26.3 Å². The zero-order chi connectivity index (χ0) is 23.7. The first-order valence-electron chi connectivity index (χ1n) is 11.2. The molecule has 1 unspecified atom stereocenters. The van der Waals surface area contributed by atoms with Gasteiger partial charge in [-0.05, 0) is 84.0 Å². The Labute approximate surface area is 189 Å². The van der Waals surface area contributed by atoms with E-state index in [9.17, 15) is 22.0 Å². The molecule has 4 rings (SSSR count). The summed E-state index contributed by atoms with van der Waals surface area (Å²) in [5, 5.41) is 0. The van der Waals surface area contributed by atoms with E-state index in [0.29, 0.717) is 24.0 Å². The van der Waals surface area contributed by atoms with E-state index < -0.39 is 46.4 Å². The standard InChI is InChI=1S/C27H24F6/c1-2-3-4-5-15-6-9-19(27(33)25(15)31)16-7-10-20-18(12-16)14-23(30)24(26(20)32)17-8-11-21(28)22(29)13-17/h6,8-9,11,13-14,16H,2-5,7,10,12H2,1H3. The quantitative estimate of drug-likeness (QED) is 0.256. The van der Waals surface area contributed by atoms with Crippen LogP contribution in [0.15, 0.2) is 36.4 Å². The van der Waals surface area contributed by atoms with E-state index >= 15 is 4.39 Å². The molecule has 1 aliphatic rings. The van der Waals surface area contributed by atoms with Crippen LogP contribution in [0.5, 0.6) is 0 Å². The van der Waals surface area contributed by atoms with Crippen LogP contribution in [0.3, 0.4) is 0 Å². The molecule has 1 atom stereocenters. The second-order valence-corrected chi connectivity index (χ2v) is 8.65. The summed E-state index contributed by atoms with van der Waals surface area (Å²) in [5.74, 6) is -6.18. The largest absolute Gasteiger partial charge is 0.206 e. The van der Waals surface area contributed by atoms with Crippen LogP contribution in [0.1, 0.15) is 60.8 Å². The minimum Gasteiger partial charge on any atom is -0.206 e. The number of aryl methyl sites for hydroxylation is 1. The van der Waals surface area contributed by atoms with E-state index in [1.54, 1.807) is 12.1 Å². The Morgan fingerprint density at radius 3 is 2.30 bits per heavy atom. The molecule has 0 N–H and O–H groups in total. The van der Waals surface area contributed by atoms with Crippen molar-refractivity contribution in [2.45, 2.75) is 57.8 Å². The highest BCUT2D eigenvalue weighted by atomic mass is 19.2. The molecule has 0 saturated carbocycles. The first-order valence-corrected chi connectivity index (χ1v) is 11.2. The highest BCUT2D eigenvalue weighted by Crippen LogP contribution is 2.40. The highest BCUT2D eigenvalue weighted by Gasteiger charge is 2.29. The van der Waals surface area contributed by atoms with Gasteiger partial charge in [-0.3, -0.25) is 0 Å². The summed E-state index contributed by atoms with van der Waals surface area (Å²) in [7, 11) is 0. The number of hydrogen-bond donors (Lipinski definition) is 0. The van der Waals surface area contributed by atoms with Crippen molar-refractivity contribution in [2.24, 2.45) is 0 Å². The summed E-state index contributed by atoms with van der Waals surface area (Å²) in [6, 6.07) is 7.05. The third kappa shape index (κ3) is 4.53. The number of rotatable bonds is 6. The Bertz CT molecular complexity index is 1180. The van der Waals surface area contributed by atoms with Crippen molar-refractivity contribution in [2.75, 3.05) is 0 Å². The van der Waals surface area contributed by atoms with Crippen molar-refractivity contribution in [3.8, 4) is 11.1 Å². The molecule has 3 aromatic rings. The van der Waals surface area contributed by atoms with Gasteiger partial charge < -0.3 is 0 Å². The molecule has 174 valence electrons. The molecule has 0 fully saturated rings. The van der Waals surface area contributed by atoms with Crippen LogP contribution in [0.25, 0.3) is 11.1 Å². The SMILES string of the molecule is CCCCCc1ccc(C2CCc3c(cc(F)c(-c4ccc(F)c(F)c4)c3F)C2)c(F)c1F. The van der Waals surface area contributed by atoms with Crippen molar-refractivity contribution in [1.82, 2.24) is 0 Å². The van der Waals surface area contributed by atoms with Crippen molar-refractivity contribution >= 4 is 0 Å². The van der Waals surface area contributed by atoms with Crippen LogP contribution in [0.4, 0.5) is 26.3 Å². The molecule has 0 nitrogen and oxygen atoms in total. The van der Waals surface area contributed by atoms with Crippen LogP contribution < -0.4 is 0 Å². The number of fused-ring (bicyclic) bond motifs is 1. The molecule has 0 heterocycles. The lowest BCUT2D eigenvalue weighted by Gasteiger charge is -2.27. The summed E-state index contributed by atoms with van der Waals surface area (Å²) in [6.07, 6.45) is 3.88. The molecule has 0 radical (unpaired) electrons. The Morgan fingerprint density at radius 2 is 1.58 bits per heavy atom. The molecule has 0 spiro atoms. The van der Waals surface area contributed by atoms with E-state index in [4.69, 9.17) is 0 Å². The van der Waals surface area contributed by atoms with E-state index in [2.05, 4.69) is 0 Å². The summed E-state index contributed by atoms with van der Waals surface area (Å²) in [4.78, 5) is 0. The Kier molecular flexibility index (Phi) is 6.82. The van der Waals surface area contributed by atoms with E-state index in [-0.39, 0.29) is 29.5 Å². The average molecular weight is 462 g/mol. The first-order chi connectivity index (χ1) is 15.8. The van der Waals surface area contributed by atoms with Crippen molar-refractivity contribution < 1.29 is 26.3 Å². The predicted octanol–water partition coefficient (Wildman–Crippen LogP) is 8.19. The molecule has 0 bridgehead atoms. The maximum atomic E-state index is 15.2. The summed E-state index contributed by atoms with van der Waals surface area (Å²) >= 11 is 0.